The smallest absolute Gasteiger partial charge is 0.250 e. The fourth-order valence-electron chi connectivity index (χ4n) is 5.82. The molecule has 7 nitrogen and oxygen atoms in total. The maximum Gasteiger partial charge on any atom is 0.250 e. The van der Waals surface area contributed by atoms with Gasteiger partial charge < -0.3 is 9.52 Å². The van der Waals surface area contributed by atoms with Gasteiger partial charge in [0, 0.05) is 39.6 Å². The van der Waals surface area contributed by atoms with Crippen molar-refractivity contribution in [2.24, 2.45) is 5.10 Å². The Morgan fingerprint density at radius 1 is 1.07 bits per heavy atom. The van der Waals surface area contributed by atoms with Gasteiger partial charge in [-0.15, -0.1) is 0 Å². The number of phenols is 1. The van der Waals surface area contributed by atoms with Gasteiger partial charge in [0.1, 0.15) is 28.2 Å². The van der Waals surface area contributed by atoms with Crippen molar-refractivity contribution in [1.82, 2.24) is 10.4 Å². The Bertz CT molecular complexity index is 1950. The molecule has 0 unspecified atom stereocenters. The van der Waals surface area contributed by atoms with E-state index in [1.54, 1.807) is 0 Å². The highest BCUT2D eigenvalue weighted by Crippen LogP contribution is 2.42. The van der Waals surface area contributed by atoms with Crippen molar-refractivity contribution in [3.05, 3.63) is 101 Å². The number of carbonyl (C=O) groups is 1. The van der Waals surface area contributed by atoms with E-state index >= 15 is 0 Å². The van der Waals surface area contributed by atoms with Crippen LogP contribution in [0.15, 0.2) is 87.3 Å². The number of amides is 1. The van der Waals surface area contributed by atoms with E-state index in [0.717, 1.165) is 75.9 Å². The number of aromatic hydroxyl groups is 1. The number of hydrogen-bond donors (Lipinski definition) is 2. The number of nitrogens with zero attached hydrogens (tertiary/aromatic N) is 3. The van der Waals surface area contributed by atoms with E-state index in [9.17, 15) is 15.2 Å². The number of pyridine rings is 1. The normalized spacial score (nSPS) is 13.1. The Labute approximate surface area is 267 Å². The van der Waals surface area contributed by atoms with Gasteiger partial charge in [0.25, 0.3) is 0 Å². The van der Waals surface area contributed by atoms with Crippen molar-refractivity contribution >= 4 is 34.9 Å². The molecule has 0 atom stereocenters. The van der Waals surface area contributed by atoms with Crippen LogP contribution in [-0.2, 0) is 23.1 Å². The van der Waals surface area contributed by atoms with Crippen molar-refractivity contribution in [1.29, 1.82) is 5.26 Å². The highest BCUT2D eigenvalue weighted by Gasteiger charge is 2.27. The number of carbonyl (C=O) groups excluding carboxylic acids is 1. The SMILES string of the molecule is CC(C)(C)c1cc2oc3c(c2c(/C=N\NC(=O)CSc2nc(-c4ccccc4)cc(-c4ccccc4)c2C#N)c1O)CCCC3. The molecule has 0 fully saturated rings. The lowest BCUT2D eigenvalue weighted by Gasteiger charge is -2.21. The van der Waals surface area contributed by atoms with Crippen LogP contribution in [0.2, 0.25) is 0 Å². The first kappa shape index (κ1) is 30.2. The van der Waals surface area contributed by atoms with Gasteiger partial charge in [0.15, 0.2) is 0 Å². The van der Waals surface area contributed by atoms with Crippen molar-refractivity contribution in [3.63, 3.8) is 0 Å². The standard InChI is InChI=1S/C37H34N4O3S/c1-37(2,3)29-19-32-34(25-16-10-11-17-31(25)44-32)28(35(29)43)21-39-41-33(42)22-45-36-27(20-38)26(23-12-6-4-7-13-23)18-30(40-36)24-14-8-5-9-15-24/h4-9,12-15,18-19,21,43H,10-11,16-17,22H2,1-3H3,(H,41,42)/b39-21-. The molecule has 226 valence electrons. The summed E-state index contributed by atoms with van der Waals surface area (Å²) in [5.41, 5.74) is 9.14. The molecule has 2 aromatic heterocycles. The number of aromatic nitrogens is 1. The van der Waals surface area contributed by atoms with E-state index in [1.807, 2.05) is 93.6 Å². The predicted octanol–water partition coefficient (Wildman–Crippen LogP) is 8.16. The van der Waals surface area contributed by atoms with E-state index in [1.165, 1.54) is 18.0 Å². The third-order valence-corrected chi connectivity index (χ3v) is 9.01. The minimum atomic E-state index is -0.356. The van der Waals surface area contributed by atoms with Gasteiger partial charge >= 0.3 is 0 Å². The summed E-state index contributed by atoms with van der Waals surface area (Å²) in [6.07, 6.45) is 5.40. The van der Waals surface area contributed by atoms with Crippen LogP contribution in [0, 0.1) is 11.3 Å². The molecule has 6 rings (SSSR count). The molecule has 0 saturated carbocycles. The Balaban J connectivity index is 1.27. The average molecular weight is 615 g/mol. The number of furan rings is 1. The molecule has 2 N–H and O–H groups in total. The Morgan fingerprint density at radius 3 is 2.44 bits per heavy atom. The third kappa shape index (κ3) is 6.22. The summed E-state index contributed by atoms with van der Waals surface area (Å²) in [6.45, 7) is 6.11. The zero-order chi connectivity index (χ0) is 31.6. The zero-order valence-corrected chi connectivity index (χ0v) is 26.4. The highest BCUT2D eigenvalue weighted by atomic mass is 32.2. The van der Waals surface area contributed by atoms with Crippen LogP contribution >= 0.6 is 11.8 Å². The molecule has 2 heterocycles. The Hall–Kier alpha value is -4.87. The van der Waals surface area contributed by atoms with Crippen molar-refractivity contribution in [2.75, 3.05) is 5.75 Å². The summed E-state index contributed by atoms with van der Waals surface area (Å²) >= 11 is 1.19. The minimum Gasteiger partial charge on any atom is -0.507 e. The predicted molar refractivity (Wildman–Crippen MR) is 180 cm³/mol. The summed E-state index contributed by atoms with van der Waals surface area (Å²) in [4.78, 5) is 17.8. The number of hydrazone groups is 1. The number of aryl methyl sites for hydroxylation is 2. The number of phenolic OH excluding ortho intramolecular Hbond substituents is 1. The summed E-state index contributed by atoms with van der Waals surface area (Å²) in [5, 5.41) is 27.1. The Kier molecular flexibility index (Phi) is 8.46. The van der Waals surface area contributed by atoms with Crippen molar-refractivity contribution in [2.45, 2.75) is 56.9 Å². The molecule has 0 bridgehead atoms. The Morgan fingerprint density at radius 2 is 1.76 bits per heavy atom. The molecular weight excluding hydrogens is 580 g/mol. The lowest BCUT2D eigenvalue weighted by molar-refractivity contribution is -0.118. The topological polar surface area (TPSA) is 112 Å². The maximum absolute atomic E-state index is 13.0. The molecule has 1 aliphatic carbocycles. The first-order chi connectivity index (χ1) is 21.7. The molecule has 45 heavy (non-hydrogen) atoms. The number of nitriles is 1. The molecule has 0 radical (unpaired) electrons. The summed E-state index contributed by atoms with van der Waals surface area (Å²) in [5.74, 6) is 0.747. The first-order valence-electron chi connectivity index (χ1n) is 15.1. The van der Waals surface area contributed by atoms with Crippen LogP contribution in [0.1, 0.15) is 61.6 Å². The van der Waals surface area contributed by atoms with Gasteiger partial charge in [-0.2, -0.15) is 10.4 Å². The van der Waals surface area contributed by atoms with Crippen LogP contribution in [-0.4, -0.2) is 28.0 Å². The molecule has 0 saturated heterocycles. The van der Waals surface area contributed by atoms with E-state index in [0.29, 0.717) is 16.2 Å². The monoisotopic (exact) mass is 614 g/mol. The number of hydrogen-bond acceptors (Lipinski definition) is 7. The van der Waals surface area contributed by atoms with Crippen molar-refractivity contribution in [3.8, 4) is 34.2 Å². The molecule has 0 spiro atoms. The maximum atomic E-state index is 13.0. The molecule has 5 aromatic rings. The van der Waals surface area contributed by atoms with Gasteiger partial charge in [-0.05, 0) is 42.4 Å². The fraction of sp³-hybridized carbons (Fsp3) is 0.243. The van der Waals surface area contributed by atoms with E-state index in [4.69, 9.17) is 9.40 Å². The van der Waals surface area contributed by atoms with E-state index in [-0.39, 0.29) is 22.8 Å². The number of rotatable bonds is 7. The summed E-state index contributed by atoms with van der Waals surface area (Å²) in [7, 11) is 0. The van der Waals surface area contributed by atoms with Crippen LogP contribution in [0.5, 0.6) is 5.75 Å². The van der Waals surface area contributed by atoms with E-state index in [2.05, 4.69) is 16.6 Å². The molecular formula is C37H34N4O3S. The second kappa shape index (κ2) is 12.6. The van der Waals surface area contributed by atoms with Crippen molar-refractivity contribution < 1.29 is 14.3 Å². The quantitative estimate of drug-likeness (QED) is 0.109. The van der Waals surface area contributed by atoms with E-state index < -0.39 is 0 Å². The highest BCUT2D eigenvalue weighted by molar-refractivity contribution is 8.00. The van der Waals surface area contributed by atoms with Crippen LogP contribution in [0.3, 0.4) is 0 Å². The molecule has 0 aliphatic heterocycles. The number of thioether (sulfide) groups is 1. The van der Waals surface area contributed by atoms with Gasteiger partial charge in [-0.1, -0.05) is 93.2 Å². The number of nitrogens with one attached hydrogen (secondary N) is 1. The molecule has 1 aliphatic rings. The van der Waals surface area contributed by atoms with Gasteiger partial charge in [0.2, 0.25) is 5.91 Å². The van der Waals surface area contributed by atoms with Gasteiger partial charge in [0.05, 0.1) is 23.2 Å². The average Bonchev–Trinajstić information content (AvgIpc) is 3.43. The molecule has 8 heteroatoms. The molecule has 1 amide bonds. The van der Waals surface area contributed by atoms with Crippen LogP contribution in [0.4, 0.5) is 0 Å². The first-order valence-corrected chi connectivity index (χ1v) is 16.0. The lowest BCUT2D eigenvalue weighted by atomic mass is 9.83. The summed E-state index contributed by atoms with van der Waals surface area (Å²) < 4.78 is 6.25. The second-order valence-electron chi connectivity index (χ2n) is 12.2. The minimum absolute atomic E-state index is 0.00394. The lowest BCUT2D eigenvalue weighted by Crippen LogP contribution is -2.20. The zero-order valence-electron chi connectivity index (χ0n) is 25.6. The molecule has 3 aromatic carbocycles. The fourth-order valence-corrected chi connectivity index (χ4v) is 6.61. The second-order valence-corrected chi connectivity index (χ2v) is 13.1. The largest absolute Gasteiger partial charge is 0.507 e. The van der Waals surface area contributed by atoms with Gasteiger partial charge in [-0.25, -0.2) is 10.4 Å². The summed E-state index contributed by atoms with van der Waals surface area (Å²) in [6, 6.07) is 25.6. The van der Waals surface area contributed by atoms with Crippen LogP contribution in [0.25, 0.3) is 33.4 Å². The van der Waals surface area contributed by atoms with Crippen LogP contribution < -0.4 is 5.43 Å². The number of benzene rings is 3. The number of fused-ring (bicyclic) bond motifs is 3. The van der Waals surface area contributed by atoms with Gasteiger partial charge in [-0.3, -0.25) is 4.79 Å². The third-order valence-electron chi connectivity index (χ3n) is 8.04.